The number of hydrogen-bond acceptors (Lipinski definition) is 2. The quantitative estimate of drug-likeness (QED) is 0.906. The first-order valence-corrected chi connectivity index (χ1v) is 8.63. The summed E-state index contributed by atoms with van der Waals surface area (Å²) in [6.07, 6.45) is 7.84. The Balaban J connectivity index is 1.55. The third kappa shape index (κ3) is 3.05. The Morgan fingerprint density at radius 1 is 1.27 bits per heavy atom. The minimum absolute atomic E-state index is 0.184. The highest BCUT2D eigenvalue weighted by Crippen LogP contribution is 2.36. The van der Waals surface area contributed by atoms with E-state index >= 15 is 0 Å². The van der Waals surface area contributed by atoms with Crippen LogP contribution in [0.15, 0.2) is 24.3 Å². The molecule has 0 spiro atoms. The fourth-order valence-corrected chi connectivity index (χ4v) is 4.23. The maximum atomic E-state index is 12.4. The van der Waals surface area contributed by atoms with Crippen molar-refractivity contribution in [2.45, 2.75) is 56.4 Å². The van der Waals surface area contributed by atoms with Crippen LogP contribution in [0.2, 0.25) is 0 Å². The summed E-state index contributed by atoms with van der Waals surface area (Å²) in [5.74, 6) is 0.630. The van der Waals surface area contributed by atoms with Gasteiger partial charge in [0.2, 0.25) is 5.91 Å². The lowest BCUT2D eigenvalue weighted by molar-refractivity contribution is -0.122. The van der Waals surface area contributed by atoms with Crippen LogP contribution in [0.4, 0.5) is 0 Å². The van der Waals surface area contributed by atoms with Gasteiger partial charge in [0.1, 0.15) is 0 Å². The predicted molar refractivity (Wildman–Crippen MR) is 90.0 cm³/mol. The number of rotatable bonds is 5. The molecule has 0 aromatic heterocycles. The molecule has 2 aliphatic carbocycles. The number of hydrogen-bond donors (Lipinski definition) is 1. The molecule has 3 nitrogen and oxygen atoms in total. The van der Waals surface area contributed by atoms with Gasteiger partial charge in [0.25, 0.3) is 0 Å². The lowest BCUT2D eigenvalue weighted by atomic mass is 9.94. The largest absolute Gasteiger partial charge is 0.354 e. The van der Waals surface area contributed by atoms with Crippen LogP contribution in [0.25, 0.3) is 0 Å². The van der Waals surface area contributed by atoms with E-state index in [1.54, 1.807) is 0 Å². The smallest absolute Gasteiger partial charge is 0.220 e. The number of nitrogens with zero attached hydrogens (tertiary/aromatic N) is 1. The van der Waals surface area contributed by atoms with Crippen molar-refractivity contribution in [2.75, 3.05) is 20.6 Å². The van der Waals surface area contributed by atoms with Crippen LogP contribution in [0.3, 0.4) is 0 Å². The van der Waals surface area contributed by atoms with Gasteiger partial charge in [-0.15, -0.1) is 0 Å². The SMILES string of the molecule is CN(C)C1(CNC(=O)C[C@H]2CCc3ccccc32)CCCC1. The zero-order chi connectivity index (χ0) is 15.6. The zero-order valence-electron chi connectivity index (χ0n) is 13.9. The number of carbonyl (C=O) groups is 1. The van der Waals surface area contributed by atoms with Gasteiger partial charge in [-0.05, 0) is 56.8 Å². The third-order valence-electron chi connectivity index (χ3n) is 5.79. The van der Waals surface area contributed by atoms with E-state index in [4.69, 9.17) is 0 Å². The van der Waals surface area contributed by atoms with Crippen molar-refractivity contribution in [3.05, 3.63) is 35.4 Å². The normalized spacial score (nSPS) is 22.8. The van der Waals surface area contributed by atoms with E-state index in [0.29, 0.717) is 12.3 Å². The second kappa shape index (κ2) is 6.41. The highest BCUT2D eigenvalue weighted by Gasteiger charge is 2.36. The third-order valence-corrected chi connectivity index (χ3v) is 5.79. The molecular weight excluding hydrogens is 272 g/mol. The van der Waals surface area contributed by atoms with Gasteiger partial charge in [-0.1, -0.05) is 37.1 Å². The first-order valence-electron chi connectivity index (χ1n) is 8.63. The number of aryl methyl sites for hydroxylation is 1. The molecular formula is C19H28N2O. The lowest BCUT2D eigenvalue weighted by Gasteiger charge is -2.36. The van der Waals surface area contributed by atoms with Gasteiger partial charge in [-0.2, -0.15) is 0 Å². The van der Waals surface area contributed by atoms with Gasteiger partial charge in [0.05, 0.1) is 0 Å². The summed E-state index contributed by atoms with van der Waals surface area (Å²) in [5.41, 5.74) is 3.00. The number of fused-ring (bicyclic) bond motifs is 1. The van der Waals surface area contributed by atoms with Crippen LogP contribution >= 0.6 is 0 Å². The summed E-state index contributed by atoms with van der Waals surface area (Å²) in [4.78, 5) is 14.7. The Hall–Kier alpha value is -1.35. The Morgan fingerprint density at radius 2 is 2.00 bits per heavy atom. The summed E-state index contributed by atoms with van der Waals surface area (Å²) in [6.45, 7) is 0.799. The van der Waals surface area contributed by atoms with E-state index in [9.17, 15) is 4.79 Å². The molecule has 1 aromatic rings. The van der Waals surface area contributed by atoms with E-state index in [0.717, 1.165) is 19.4 Å². The van der Waals surface area contributed by atoms with Gasteiger partial charge in [0.15, 0.2) is 0 Å². The number of likely N-dealkylation sites (N-methyl/N-ethyl adjacent to an activating group) is 1. The monoisotopic (exact) mass is 300 g/mol. The van der Waals surface area contributed by atoms with Crippen LogP contribution in [-0.4, -0.2) is 37.0 Å². The summed E-state index contributed by atoms with van der Waals surface area (Å²) in [6, 6.07) is 8.59. The van der Waals surface area contributed by atoms with Crippen molar-refractivity contribution in [1.29, 1.82) is 0 Å². The van der Waals surface area contributed by atoms with Crippen molar-refractivity contribution in [1.82, 2.24) is 10.2 Å². The first-order chi connectivity index (χ1) is 10.6. The topological polar surface area (TPSA) is 32.3 Å². The fourth-order valence-electron chi connectivity index (χ4n) is 4.23. The second-order valence-electron chi connectivity index (χ2n) is 7.24. The molecule has 1 amide bonds. The predicted octanol–water partition coefficient (Wildman–Crippen LogP) is 3.10. The van der Waals surface area contributed by atoms with Crippen LogP contribution < -0.4 is 5.32 Å². The van der Waals surface area contributed by atoms with Gasteiger partial charge < -0.3 is 10.2 Å². The van der Waals surface area contributed by atoms with E-state index in [1.165, 1.54) is 36.8 Å². The molecule has 0 bridgehead atoms. The van der Waals surface area contributed by atoms with Crippen LogP contribution in [0.1, 0.15) is 55.6 Å². The number of nitrogens with one attached hydrogen (secondary N) is 1. The molecule has 3 rings (SSSR count). The summed E-state index contributed by atoms with van der Waals surface area (Å²) in [7, 11) is 4.29. The Labute approximate surface area is 134 Å². The molecule has 1 saturated carbocycles. The number of carbonyl (C=O) groups excluding carboxylic acids is 1. The Kier molecular flexibility index (Phi) is 4.53. The molecule has 22 heavy (non-hydrogen) atoms. The fraction of sp³-hybridized carbons (Fsp3) is 0.632. The summed E-state index contributed by atoms with van der Waals surface area (Å²) >= 11 is 0. The molecule has 1 N–H and O–H groups in total. The van der Waals surface area contributed by atoms with Gasteiger partial charge in [-0.25, -0.2) is 0 Å². The van der Waals surface area contributed by atoms with Crippen molar-refractivity contribution < 1.29 is 4.79 Å². The molecule has 0 unspecified atom stereocenters. The molecule has 1 fully saturated rings. The Morgan fingerprint density at radius 3 is 2.73 bits per heavy atom. The maximum Gasteiger partial charge on any atom is 0.220 e. The minimum atomic E-state index is 0.184. The Bertz CT molecular complexity index is 532. The molecule has 0 saturated heterocycles. The molecule has 1 aromatic carbocycles. The zero-order valence-corrected chi connectivity index (χ0v) is 13.9. The highest BCUT2D eigenvalue weighted by molar-refractivity contribution is 5.77. The standard InChI is InChI=1S/C19H28N2O/c1-21(2)19(11-5-6-12-19)14-20-18(22)13-16-10-9-15-7-3-4-8-17(15)16/h3-4,7-8,16H,5-6,9-14H2,1-2H3,(H,20,22)/t16-/m1/s1. The maximum absolute atomic E-state index is 12.4. The van der Waals surface area contributed by atoms with Crippen LogP contribution in [-0.2, 0) is 11.2 Å². The second-order valence-corrected chi connectivity index (χ2v) is 7.24. The van der Waals surface area contributed by atoms with Gasteiger partial charge in [-0.3, -0.25) is 4.79 Å². The van der Waals surface area contributed by atoms with Crippen molar-refractivity contribution in [2.24, 2.45) is 0 Å². The average molecular weight is 300 g/mol. The number of amides is 1. The highest BCUT2D eigenvalue weighted by atomic mass is 16.1. The lowest BCUT2D eigenvalue weighted by Crippen LogP contribution is -2.50. The molecule has 3 heteroatoms. The summed E-state index contributed by atoms with van der Waals surface area (Å²) < 4.78 is 0. The molecule has 0 radical (unpaired) electrons. The van der Waals surface area contributed by atoms with Crippen LogP contribution in [0, 0.1) is 0 Å². The number of benzene rings is 1. The molecule has 1 atom stereocenters. The minimum Gasteiger partial charge on any atom is -0.354 e. The van der Waals surface area contributed by atoms with Crippen molar-refractivity contribution in [3.63, 3.8) is 0 Å². The van der Waals surface area contributed by atoms with Gasteiger partial charge in [0, 0.05) is 18.5 Å². The molecule has 0 aliphatic heterocycles. The molecule has 120 valence electrons. The average Bonchev–Trinajstić information content (AvgIpc) is 3.14. The van der Waals surface area contributed by atoms with Crippen LogP contribution in [0.5, 0.6) is 0 Å². The summed E-state index contributed by atoms with van der Waals surface area (Å²) in [5, 5.41) is 3.22. The first kappa shape index (κ1) is 15.5. The molecule has 0 heterocycles. The van der Waals surface area contributed by atoms with Crippen molar-refractivity contribution >= 4 is 5.91 Å². The van der Waals surface area contributed by atoms with E-state index in [2.05, 4.69) is 48.6 Å². The van der Waals surface area contributed by atoms with E-state index in [1.807, 2.05) is 0 Å². The van der Waals surface area contributed by atoms with Gasteiger partial charge >= 0.3 is 0 Å². The molecule has 2 aliphatic rings. The van der Waals surface area contributed by atoms with E-state index < -0.39 is 0 Å². The van der Waals surface area contributed by atoms with E-state index in [-0.39, 0.29) is 11.4 Å². The van der Waals surface area contributed by atoms with Crippen molar-refractivity contribution in [3.8, 4) is 0 Å².